The molecule has 0 fully saturated rings. The van der Waals surface area contributed by atoms with Gasteiger partial charge in [-0.3, -0.25) is 5.73 Å². The van der Waals surface area contributed by atoms with Gasteiger partial charge in [0.2, 0.25) is 5.88 Å². The van der Waals surface area contributed by atoms with Gasteiger partial charge in [0.1, 0.15) is 12.7 Å². The van der Waals surface area contributed by atoms with Gasteiger partial charge >= 0.3 is 0 Å². The number of terminal acetylenes is 1. The lowest BCUT2D eigenvalue weighted by atomic mass is 9.91. The molecule has 1 unspecified atom stereocenters. The van der Waals surface area contributed by atoms with E-state index in [1.165, 1.54) is 5.56 Å². The molecule has 0 bridgehead atoms. The second kappa shape index (κ2) is 9.74. The summed E-state index contributed by atoms with van der Waals surface area (Å²) in [5.41, 5.74) is 11.5. The second-order valence-corrected chi connectivity index (χ2v) is 7.72. The van der Waals surface area contributed by atoms with Crippen molar-refractivity contribution in [1.29, 1.82) is 5.26 Å². The molecule has 2 heterocycles. The van der Waals surface area contributed by atoms with Crippen LogP contribution in [0.5, 0.6) is 17.4 Å². The summed E-state index contributed by atoms with van der Waals surface area (Å²) in [6, 6.07) is 15.8. The molecule has 172 valence electrons. The molecule has 0 aliphatic carbocycles. The van der Waals surface area contributed by atoms with E-state index in [0.29, 0.717) is 35.1 Å². The highest BCUT2D eigenvalue weighted by atomic mass is 16.5. The number of hydrogen-bond acceptors (Lipinski definition) is 6. The molecule has 1 aliphatic heterocycles. The number of hydrogen-bond donors (Lipinski definition) is 1. The monoisotopic (exact) mass is 454 g/mol. The largest absolute Gasteiger partial charge is 0.490 e. The number of aromatic nitrogens is 2. The fraction of sp³-hybridized carbons (Fsp3) is 0.259. The average molecular weight is 455 g/mol. The number of nitrogens with two attached hydrogens (primary N) is 1. The summed E-state index contributed by atoms with van der Waals surface area (Å²) < 4.78 is 19.2. The Kier molecular flexibility index (Phi) is 6.58. The number of benzene rings is 2. The standard InChI is InChI=1S/C27H26N4O3/c1-5-14-33-22-13-10-19(15-23(22)32-7-3)25-21(16-28)26(29)34-27-24(25)17(4)30-31(27)20-11-8-18(6-2)9-12-20/h1,8-13,15,26H,6-7,14,29H2,2-4H3. The molecule has 7 nitrogen and oxygen atoms in total. The summed E-state index contributed by atoms with van der Waals surface area (Å²) in [5.74, 6) is 4.01. The molecule has 0 saturated carbocycles. The van der Waals surface area contributed by atoms with Gasteiger partial charge in [0.05, 0.1) is 29.1 Å². The van der Waals surface area contributed by atoms with Gasteiger partial charge in [0, 0.05) is 5.57 Å². The second-order valence-electron chi connectivity index (χ2n) is 7.72. The Morgan fingerprint density at radius 3 is 2.56 bits per heavy atom. The smallest absolute Gasteiger partial charge is 0.226 e. The molecular weight excluding hydrogens is 428 g/mol. The van der Waals surface area contributed by atoms with Crippen LogP contribution in [0.2, 0.25) is 0 Å². The van der Waals surface area contributed by atoms with Crippen molar-refractivity contribution in [1.82, 2.24) is 9.78 Å². The lowest BCUT2D eigenvalue weighted by molar-refractivity contribution is 0.228. The third-order valence-electron chi connectivity index (χ3n) is 5.61. The number of nitriles is 1. The zero-order chi connectivity index (χ0) is 24.2. The molecule has 2 aromatic carbocycles. The maximum atomic E-state index is 9.96. The van der Waals surface area contributed by atoms with Gasteiger partial charge in [-0.1, -0.05) is 31.0 Å². The zero-order valence-electron chi connectivity index (χ0n) is 19.5. The zero-order valence-corrected chi connectivity index (χ0v) is 19.5. The van der Waals surface area contributed by atoms with Gasteiger partial charge in [-0.2, -0.15) is 10.4 Å². The van der Waals surface area contributed by atoms with Crippen molar-refractivity contribution in [3.63, 3.8) is 0 Å². The fourth-order valence-electron chi connectivity index (χ4n) is 4.00. The van der Waals surface area contributed by atoms with Crippen molar-refractivity contribution in [2.24, 2.45) is 5.73 Å². The molecule has 0 saturated heterocycles. The highest BCUT2D eigenvalue weighted by molar-refractivity contribution is 5.90. The lowest BCUT2D eigenvalue weighted by Crippen LogP contribution is -2.33. The third-order valence-corrected chi connectivity index (χ3v) is 5.61. The van der Waals surface area contributed by atoms with Gasteiger partial charge in [-0.05, 0) is 55.7 Å². The Bertz CT molecular complexity index is 1320. The predicted molar refractivity (Wildman–Crippen MR) is 130 cm³/mol. The Hall–Kier alpha value is -4.20. The molecule has 3 aromatic rings. The average Bonchev–Trinajstić information content (AvgIpc) is 3.18. The van der Waals surface area contributed by atoms with E-state index >= 15 is 0 Å². The molecular formula is C27H26N4O3. The van der Waals surface area contributed by atoms with Crippen LogP contribution in [-0.4, -0.2) is 29.2 Å². The van der Waals surface area contributed by atoms with Crippen LogP contribution < -0.4 is 19.9 Å². The van der Waals surface area contributed by atoms with Crippen molar-refractivity contribution >= 4 is 5.57 Å². The normalized spacial score (nSPS) is 14.6. The topological polar surface area (TPSA) is 95.3 Å². The molecule has 0 amide bonds. The van der Waals surface area contributed by atoms with Gasteiger partial charge in [-0.25, -0.2) is 4.68 Å². The molecule has 1 aromatic heterocycles. The molecule has 4 rings (SSSR count). The van der Waals surface area contributed by atoms with Crippen molar-refractivity contribution in [2.75, 3.05) is 13.2 Å². The first-order valence-corrected chi connectivity index (χ1v) is 11.1. The van der Waals surface area contributed by atoms with Crippen LogP contribution in [0, 0.1) is 30.6 Å². The lowest BCUT2D eigenvalue weighted by Gasteiger charge is -2.25. The minimum Gasteiger partial charge on any atom is -0.490 e. The molecule has 7 heteroatoms. The van der Waals surface area contributed by atoms with Crippen molar-refractivity contribution in [3.8, 4) is 41.5 Å². The van der Waals surface area contributed by atoms with Crippen LogP contribution in [0.1, 0.15) is 36.2 Å². The number of aryl methyl sites for hydroxylation is 2. The van der Waals surface area contributed by atoms with Gasteiger partial charge < -0.3 is 14.2 Å². The molecule has 0 spiro atoms. The van der Waals surface area contributed by atoms with Crippen LogP contribution in [0.25, 0.3) is 11.3 Å². The van der Waals surface area contributed by atoms with E-state index in [1.54, 1.807) is 10.7 Å². The van der Waals surface area contributed by atoms with Gasteiger partial charge in [-0.15, -0.1) is 6.42 Å². The summed E-state index contributed by atoms with van der Waals surface area (Å²) in [5, 5.41) is 14.7. The van der Waals surface area contributed by atoms with E-state index in [0.717, 1.165) is 28.9 Å². The van der Waals surface area contributed by atoms with Crippen molar-refractivity contribution in [2.45, 2.75) is 33.4 Å². The highest BCUT2D eigenvalue weighted by Crippen LogP contribution is 2.43. The molecule has 34 heavy (non-hydrogen) atoms. The molecule has 1 atom stereocenters. The molecule has 0 radical (unpaired) electrons. The SMILES string of the molecule is C#CCOc1ccc(C2=C(C#N)C(N)Oc3c2c(C)nn3-c2ccc(CC)cc2)cc1OCC. The van der Waals surface area contributed by atoms with E-state index in [4.69, 9.17) is 31.5 Å². The minimum atomic E-state index is -0.940. The van der Waals surface area contributed by atoms with E-state index < -0.39 is 6.23 Å². The van der Waals surface area contributed by atoms with Crippen LogP contribution >= 0.6 is 0 Å². The number of ether oxygens (including phenoxy) is 3. The predicted octanol–water partition coefficient (Wildman–Crippen LogP) is 4.16. The third kappa shape index (κ3) is 4.10. The summed E-state index contributed by atoms with van der Waals surface area (Å²) in [6.07, 6.45) is 5.34. The number of rotatable bonds is 7. The Labute approximate surface area is 199 Å². The van der Waals surface area contributed by atoms with E-state index in [9.17, 15) is 5.26 Å². The quantitative estimate of drug-likeness (QED) is 0.539. The Balaban J connectivity index is 1.88. The van der Waals surface area contributed by atoms with Crippen molar-refractivity contribution in [3.05, 3.63) is 70.4 Å². The molecule has 2 N–H and O–H groups in total. The van der Waals surface area contributed by atoms with E-state index in [1.807, 2.05) is 38.1 Å². The molecule has 1 aliphatic rings. The Morgan fingerprint density at radius 2 is 1.91 bits per heavy atom. The summed E-state index contributed by atoms with van der Waals surface area (Å²) in [4.78, 5) is 0. The van der Waals surface area contributed by atoms with Crippen LogP contribution in [0.4, 0.5) is 0 Å². The fourth-order valence-corrected chi connectivity index (χ4v) is 4.00. The first kappa shape index (κ1) is 23.0. The first-order valence-electron chi connectivity index (χ1n) is 11.1. The first-order chi connectivity index (χ1) is 16.5. The minimum absolute atomic E-state index is 0.122. The maximum Gasteiger partial charge on any atom is 0.226 e. The van der Waals surface area contributed by atoms with Crippen LogP contribution in [-0.2, 0) is 6.42 Å². The Morgan fingerprint density at radius 1 is 1.15 bits per heavy atom. The van der Waals surface area contributed by atoms with Gasteiger partial charge in [0.25, 0.3) is 0 Å². The number of nitrogens with zero attached hydrogens (tertiary/aromatic N) is 3. The van der Waals surface area contributed by atoms with Crippen molar-refractivity contribution < 1.29 is 14.2 Å². The summed E-state index contributed by atoms with van der Waals surface area (Å²) in [6.45, 7) is 6.45. The highest BCUT2D eigenvalue weighted by Gasteiger charge is 2.33. The summed E-state index contributed by atoms with van der Waals surface area (Å²) in [7, 11) is 0. The van der Waals surface area contributed by atoms with Crippen LogP contribution in [0.3, 0.4) is 0 Å². The summed E-state index contributed by atoms with van der Waals surface area (Å²) >= 11 is 0. The van der Waals surface area contributed by atoms with Gasteiger partial charge in [0.15, 0.2) is 17.7 Å². The van der Waals surface area contributed by atoms with E-state index in [2.05, 4.69) is 31.0 Å². The van der Waals surface area contributed by atoms with Crippen LogP contribution in [0.15, 0.2) is 48.0 Å². The maximum absolute atomic E-state index is 9.96. The number of fused-ring (bicyclic) bond motifs is 1. The van der Waals surface area contributed by atoms with E-state index in [-0.39, 0.29) is 6.61 Å².